The third kappa shape index (κ3) is 3.46. The van der Waals surface area contributed by atoms with Crippen LogP contribution in [0.25, 0.3) is 0 Å². The highest BCUT2D eigenvalue weighted by atomic mass is 16.5. The van der Waals surface area contributed by atoms with E-state index < -0.39 is 0 Å². The number of nitrogens with zero attached hydrogens (tertiary/aromatic N) is 4. The predicted molar refractivity (Wildman–Crippen MR) is 78.7 cm³/mol. The lowest BCUT2D eigenvalue weighted by atomic mass is 10.0. The highest BCUT2D eigenvalue weighted by Gasteiger charge is 2.18. The summed E-state index contributed by atoms with van der Waals surface area (Å²) in [6.45, 7) is 9.01. The van der Waals surface area contributed by atoms with Crippen molar-refractivity contribution in [2.45, 2.75) is 26.3 Å². The van der Waals surface area contributed by atoms with Crippen LogP contribution in [0.1, 0.15) is 25.5 Å². The van der Waals surface area contributed by atoms with Crippen LogP contribution in [0, 0.1) is 5.92 Å². The standard InChI is InChI=1S/C15H24N4O/c1-13-3-2-6-18(11-13)12-14-4-5-16-15(17-14)19-7-9-20-10-8-19/h4-5,13H,2-3,6-12H2,1H3. The molecule has 5 heteroatoms. The van der Waals surface area contributed by atoms with Gasteiger partial charge in [0.2, 0.25) is 5.95 Å². The van der Waals surface area contributed by atoms with Crippen molar-refractivity contribution >= 4 is 5.95 Å². The van der Waals surface area contributed by atoms with Crippen LogP contribution in [-0.4, -0.2) is 54.3 Å². The minimum atomic E-state index is 0.775. The molecular formula is C15H24N4O. The third-order valence-electron chi connectivity index (χ3n) is 4.12. The van der Waals surface area contributed by atoms with Crippen LogP contribution in [0.4, 0.5) is 5.95 Å². The molecule has 3 rings (SSSR count). The summed E-state index contributed by atoms with van der Waals surface area (Å²) < 4.78 is 5.38. The van der Waals surface area contributed by atoms with Gasteiger partial charge in [-0.15, -0.1) is 0 Å². The smallest absolute Gasteiger partial charge is 0.225 e. The lowest BCUT2D eigenvalue weighted by Gasteiger charge is -2.31. The van der Waals surface area contributed by atoms with Crippen LogP contribution in [0.2, 0.25) is 0 Å². The van der Waals surface area contributed by atoms with Crippen molar-refractivity contribution in [2.24, 2.45) is 5.92 Å². The molecule has 0 radical (unpaired) electrons. The number of anilines is 1. The highest BCUT2D eigenvalue weighted by molar-refractivity contribution is 5.30. The molecular weight excluding hydrogens is 252 g/mol. The quantitative estimate of drug-likeness (QED) is 0.838. The molecule has 5 nitrogen and oxygen atoms in total. The van der Waals surface area contributed by atoms with E-state index in [2.05, 4.69) is 21.7 Å². The summed E-state index contributed by atoms with van der Waals surface area (Å²) in [5.41, 5.74) is 1.13. The second-order valence-electron chi connectivity index (χ2n) is 5.93. The Hall–Kier alpha value is -1.20. The maximum absolute atomic E-state index is 5.38. The van der Waals surface area contributed by atoms with Gasteiger partial charge in [-0.1, -0.05) is 6.92 Å². The average Bonchev–Trinajstić information content (AvgIpc) is 2.48. The van der Waals surface area contributed by atoms with Crippen molar-refractivity contribution < 1.29 is 4.74 Å². The molecule has 2 saturated heterocycles. The fraction of sp³-hybridized carbons (Fsp3) is 0.733. The third-order valence-corrected chi connectivity index (χ3v) is 4.12. The minimum absolute atomic E-state index is 0.775. The van der Waals surface area contributed by atoms with Gasteiger partial charge in [0.05, 0.1) is 18.9 Å². The van der Waals surface area contributed by atoms with Gasteiger partial charge >= 0.3 is 0 Å². The molecule has 1 aromatic rings. The molecule has 0 aliphatic carbocycles. The molecule has 2 aliphatic heterocycles. The number of rotatable bonds is 3. The Balaban J connectivity index is 1.64. The number of aromatic nitrogens is 2. The molecule has 0 amide bonds. The van der Waals surface area contributed by atoms with Crippen molar-refractivity contribution in [3.8, 4) is 0 Å². The summed E-state index contributed by atoms with van der Waals surface area (Å²) in [6, 6.07) is 2.04. The van der Waals surface area contributed by atoms with Crippen LogP contribution in [0.3, 0.4) is 0 Å². The fourth-order valence-corrected chi connectivity index (χ4v) is 3.05. The van der Waals surface area contributed by atoms with E-state index in [1.165, 1.54) is 25.9 Å². The second-order valence-corrected chi connectivity index (χ2v) is 5.93. The summed E-state index contributed by atoms with van der Waals surface area (Å²) >= 11 is 0. The first-order chi connectivity index (χ1) is 9.81. The second kappa shape index (κ2) is 6.50. The van der Waals surface area contributed by atoms with Crippen LogP contribution >= 0.6 is 0 Å². The first-order valence-electron chi connectivity index (χ1n) is 7.68. The van der Waals surface area contributed by atoms with Crippen molar-refractivity contribution in [1.29, 1.82) is 0 Å². The van der Waals surface area contributed by atoms with E-state index >= 15 is 0 Å². The van der Waals surface area contributed by atoms with Crippen molar-refractivity contribution in [3.63, 3.8) is 0 Å². The molecule has 0 N–H and O–H groups in total. The van der Waals surface area contributed by atoms with Gasteiger partial charge in [0, 0.05) is 32.4 Å². The van der Waals surface area contributed by atoms with Gasteiger partial charge in [-0.05, 0) is 31.4 Å². The van der Waals surface area contributed by atoms with Gasteiger partial charge in [-0.25, -0.2) is 9.97 Å². The lowest BCUT2D eigenvalue weighted by Crippen LogP contribution is -2.38. The number of likely N-dealkylation sites (tertiary alicyclic amines) is 1. The molecule has 0 aromatic carbocycles. The van der Waals surface area contributed by atoms with E-state index in [0.29, 0.717) is 0 Å². The van der Waals surface area contributed by atoms with E-state index in [9.17, 15) is 0 Å². The van der Waals surface area contributed by atoms with Gasteiger partial charge < -0.3 is 9.64 Å². The van der Waals surface area contributed by atoms with Gasteiger partial charge in [-0.2, -0.15) is 0 Å². The molecule has 20 heavy (non-hydrogen) atoms. The van der Waals surface area contributed by atoms with E-state index in [-0.39, 0.29) is 0 Å². The molecule has 1 unspecified atom stereocenters. The highest BCUT2D eigenvalue weighted by Crippen LogP contribution is 2.18. The molecule has 110 valence electrons. The molecule has 0 spiro atoms. The fourth-order valence-electron chi connectivity index (χ4n) is 3.05. The Kier molecular flexibility index (Phi) is 4.47. The molecule has 1 atom stereocenters. The first kappa shape index (κ1) is 13.8. The van der Waals surface area contributed by atoms with Crippen LogP contribution in [0.15, 0.2) is 12.3 Å². The topological polar surface area (TPSA) is 41.5 Å². The number of hydrogen-bond donors (Lipinski definition) is 0. The minimum Gasteiger partial charge on any atom is -0.378 e. The zero-order valence-corrected chi connectivity index (χ0v) is 12.3. The molecule has 2 fully saturated rings. The molecule has 0 bridgehead atoms. The van der Waals surface area contributed by atoms with Crippen LogP contribution in [0.5, 0.6) is 0 Å². The maximum Gasteiger partial charge on any atom is 0.225 e. The Labute approximate surface area is 121 Å². The molecule has 1 aromatic heterocycles. The number of ether oxygens (including phenoxy) is 1. The zero-order chi connectivity index (χ0) is 13.8. The molecule has 2 aliphatic rings. The SMILES string of the molecule is CC1CCCN(Cc2ccnc(N3CCOCC3)n2)C1. The summed E-state index contributed by atoms with van der Waals surface area (Å²) in [4.78, 5) is 13.9. The van der Waals surface area contributed by atoms with Crippen molar-refractivity contribution in [3.05, 3.63) is 18.0 Å². The Bertz CT molecular complexity index is 434. The summed E-state index contributed by atoms with van der Waals surface area (Å²) in [5, 5.41) is 0. The number of piperidine rings is 1. The Morgan fingerprint density at radius 1 is 1.30 bits per heavy atom. The van der Waals surface area contributed by atoms with Gasteiger partial charge in [0.25, 0.3) is 0 Å². The Morgan fingerprint density at radius 3 is 2.95 bits per heavy atom. The zero-order valence-electron chi connectivity index (χ0n) is 12.3. The number of hydrogen-bond acceptors (Lipinski definition) is 5. The monoisotopic (exact) mass is 276 g/mol. The number of morpholine rings is 1. The first-order valence-corrected chi connectivity index (χ1v) is 7.68. The van der Waals surface area contributed by atoms with Crippen LogP contribution < -0.4 is 4.90 Å². The predicted octanol–water partition coefficient (Wildman–Crippen LogP) is 1.55. The summed E-state index contributed by atoms with van der Waals surface area (Å²) in [7, 11) is 0. The average molecular weight is 276 g/mol. The van der Waals surface area contributed by atoms with E-state index in [4.69, 9.17) is 9.72 Å². The molecule has 0 saturated carbocycles. The lowest BCUT2D eigenvalue weighted by molar-refractivity contribution is 0.122. The van der Waals surface area contributed by atoms with Gasteiger partial charge in [0.15, 0.2) is 0 Å². The summed E-state index contributed by atoms with van der Waals surface area (Å²) in [5.74, 6) is 1.67. The molecule has 3 heterocycles. The maximum atomic E-state index is 5.38. The van der Waals surface area contributed by atoms with E-state index in [1.807, 2.05) is 12.3 Å². The largest absolute Gasteiger partial charge is 0.378 e. The van der Waals surface area contributed by atoms with Crippen molar-refractivity contribution in [1.82, 2.24) is 14.9 Å². The van der Waals surface area contributed by atoms with E-state index in [1.54, 1.807) is 0 Å². The van der Waals surface area contributed by atoms with Gasteiger partial charge in [-0.3, -0.25) is 4.90 Å². The summed E-state index contributed by atoms with van der Waals surface area (Å²) in [6.07, 6.45) is 4.56. The van der Waals surface area contributed by atoms with Crippen molar-refractivity contribution in [2.75, 3.05) is 44.3 Å². The van der Waals surface area contributed by atoms with Crippen LogP contribution in [-0.2, 0) is 11.3 Å². The van der Waals surface area contributed by atoms with Gasteiger partial charge in [0.1, 0.15) is 0 Å². The van der Waals surface area contributed by atoms with E-state index in [0.717, 1.165) is 50.4 Å². The normalized spacial score (nSPS) is 24.9. The Morgan fingerprint density at radius 2 is 2.15 bits per heavy atom.